The van der Waals surface area contributed by atoms with Crippen LogP contribution in [0.25, 0.3) is 0 Å². The van der Waals surface area contributed by atoms with Crippen molar-refractivity contribution in [1.29, 1.82) is 0 Å². The van der Waals surface area contributed by atoms with Crippen molar-refractivity contribution in [1.82, 2.24) is 0 Å². The smallest absolute Gasteiger partial charge is 0.306 e. The highest BCUT2D eigenvalue weighted by molar-refractivity contribution is 5.94. The maximum Gasteiger partial charge on any atom is 0.306 e. The molecule has 1 aliphatic rings. The Labute approximate surface area is 95.3 Å². The van der Waals surface area contributed by atoms with E-state index in [-0.39, 0.29) is 11.8 Å². The molecule has 1 aliphatic heterocycles. The highest BCUT2D eigenvalue weighted by Gasteiger charge is 2.27. The molecule has 1 heterocycles. The Morgan fingerprint density at radius 2 is 2.25 bits per heavy atom. The van der Waals surface area contributed by atoms with Gasteiger partial charge in [0.15, 0.2) is 11.9 Å². The van der Waals surface area contributed by atoms with Gasteiger partial charge in [-0.15, -0.1) is 0 Å². The number of hydrogen-bond acceptors (Lipinski definition) is 4. The van der Waals surface area contributed by atoms with Crippen molar-refractivity contribution in [3.05, 3.63) is 12.2 Å². The number of ether oxygens (including phenoxy) is 1. The topological polar surface area (TPSA) is 63.6 Å². The fraction of sp³-hybridized carbons (Fsp3) is 0.667. The summed E-state index contributed by atoms with van der Waals surface area (Å²) in [5, 5.41) is 9.73. The molecule has 0 saturated heterocycles. The SMILES string of the molecule is CCC[C@@H]1OC(=O)CCC/C=C/C(=O)[C@H]1O. The van der Waals surface area contributed by atoms with Crippen molar-refractivity contribution in [3.63, 3.8) is 0 Å². The zero-order valence-corrected chi connectivity index (χ0v) is 9.52. The van der Waals surface area contributed by atoms with Crippen LogP contribution in [0.3, 0.4) is 0 Å². The van der Waals surface area contributed by atoms with E-state index in [1.54, 1.807) is 6.08 Å². The van der Waals surface area contributed by atoms with Crippen LogP contribution in [0.1, 0.15) is 39.0 Å². The number of rotatable bonds is 2. The maximum absolute atomic E-state index is 11.5. The summed E-state index contributed by atoms with van der Waals surface area (Å²) in [4.78, 5) is 22.9. The van der Waals surface area contributed by atoms with E-state index in [0.29, 0.717) is 25.7 Å². The van der Waals surface area contributed by atoms with Crippen molar-refractivity contribution < 1.29 is 19.4 Å². The number of cyclic esters (lactones) is 1. The summed E-state index contributed by atoms with van der Waals surface area (Å²) < 4.78 is 5.11. The average Bonchev–Trinajstić information content (AvgIpc) is 2.26. The Balaban J connectivity index is 2.76. The molecule has 0 aliphatic carbocycles. The van der Waals surface area contributed by atoms with Crippen LogP contribution in [0.2, 0.25) is 0 Å². The first-order chi connectivity index (χ1) is 7.65. The van der Waals surface area contributed by atoms with Crippen LogP contribution < -0.4 is 0 Å². The molecule has 0 aromatic heterocycles. The number of hydrogen-bond donors (Lipinski definition) is 1. The van der Waals surface area contributed by atoms with Crippen LogP contribution in [-0.2, 0) is 14.3 Å². The zero-order chi connectivity index (χ0) is 12.0. The standard InChI is InChI=1S/C12H18O4/c1-2-6-10-12(15)9(13)7-4-3-5-8-11(14)16-10/h4,7,10,12,15H,2-3,5-6,8H2,1H3/b7-4+/t10-,12+/m0/s1. The maximum atomic E-state index is 11.5. The summed E-state index contributed by atoms with van der Waals surface area (Å²) in [6.07, 6.45) is 4.10. The second kappa shape index (κ2) is 6.43. The second-order valence-electron chi connectivity index (χ2n) is 3.96. The molecule has 1 rings (SSSR count). The Bertz CT molecular complexity index is 283. The van der Waals surface area contributed by atoms with E-state index in [9.17, 15) is 14.7 Å². The van der Waals surface area contributed by atoms with Crippen LogP contribution in [0, 0.1) is 0 Å². The first kappa shape index (κ1) is 12.9. The molecule has 0 fully saturated rings. The molecular weight excluding hydrogens is 208 g/mol. The predicted octanol–water partition coefficient (Wildman–Crippen LogP) is 1.37. The quantitative estimate of drug-likeness (QED) is 0.722. The van der Waals surface area contributed by atoms with Gasteiger partial charge in [0.05, 0.1) is 0 Å². The number of aliphatic hydroxyl groups is 1. The van der Waals surface area contributed by atoms with Crippen molar-refractivity contribution in [2.75, 3.05) is 0 Å². The predicted molar refractivity (Wildman–Crippen MR) is 58.8 cm³/mol. The molecule has 0 spiro atoms. The zero-order valence-electron chi connectivity index (χ0n) is 9.52. The minimum absolute atomic E-state index is 0.333. The molecule has 0 unspecified atom stereocenters. The first-order valence-electron chi connectivity index (χ1n) is 5.73. The van der Waals surface area contributed by atoms with Crippen molar-refractivity contribution >= 4 is 11.8 Å². The first-order valence-corrected chi connectivity index (χ1v) is 5.73. The monoisotopic (exact) mass is 226 g/mol. The van der Waals surface area contributed by atoms with E-state index >= 15 is 0 Å². The Kier molecular flexibility index (Phi) is 5.19. The summed E-state index contributed by atoms with van der Waals surface area (Å²) in [7, 11) is 0. The van der Waals surface area contributed by atoms with Gasteiger partial charge in [0.2, 0.25) is 0 Å². The molecule has 1 N–H and O–H groups in total. The summed E-state index contributed by atoms with van der Waals surface area (Å²) in [5.74, 6) is -0.714. The van der Waals surface area contributed by atoms with Gasteiger partial charge in [0, 0.05) is 6.42 Å². The Morgan fingerprint density at radius 3 is 2.94 bits per heavy atom. The number of allylic oxidation sites excluding steroid dienone is 1. The van der Waals surface area contributed by atoms with Crippen molar-refractivity contribution in [3.8, 4) is 0 Å². The van der Waals surface area contributed by atoms with Gasteiger partial charge in [-0.25, -0.2) is 0 Å². The normalized spacial score (nSPS) is 29.6. The summed E-state index contributed by atoms with van der Waals surface area (Å²) in [6, 6.07) is 0. The van der Waals surface area contributed by atoms with Gasteiger partial charge in [0.25, 0.3) is 0 Å². The fourth-order valence-electron chi connectivity index (χ4n) is 1.64. The minimum atomic E-state index is -1.22. The molecule has 4 nitrogen and oxygen atoms in total. The number of ketones is 1. The molecule has 0 aromatic carbocycles. The van der Waals surface area contributed by atoms with E-state index in [1.807, 2.05) is 6.92 Å². The molecule has 0 aromatic rings. The van der Waals surface area contributed by atoms with Gasteiger partial charge in [0.1, 0.15) is 6.10 Å². The second-order valence-corrected chi connectivity index (χ2v) is 3.96. The lowest BCUT2D eigenvalue weighted by molar-refractivity contribution is -0.157. The van der Waals surface area contributed by atoms with Crippen LogP contribution in [0.5, 0.6) is 0 Å². The summed E-state index contributed by atoms with van der Waals surface area (Å²) in [5.41, 5.74) is 0. The Hall–Kier alpha value is -1.16. The molecule has 90 valence electrons. The fourth-order valence-corrected chi connectivity index (χ4v) is 1.64. The van der Waals surface area contributed by atoms with Gasteiger partial charge in [-0.05, 0) is 25.3 Å². The third kappa shape index (κ3) is 3.77. The van der Waals surface area contributed by atoms with Gasteiger partial charge in [-0.1, -0.05) is 19.4 Å². The lowest BCUT2D eigenvalue weighted by Gasteiger charge is -2.21. The van der Waals surface area contributed by atoms with E-state index in [0.717, 1.165) is 6.42 Å². The van der Waals surface area contributed by atoms with Crippen LogP contribution in [0.15, 0.2) is 12.2 Å². The van der Waals surface area contributed by atoms with Crippen molar-refractivity contribution in [2.45, 2.75) is 51.2 Å². The highest BCUT2D eigenvalue weighted by Crippen LogP contribution is 2.13. The molecule has 0 bridgehead atoms. The third-order valence-electron chi connectivity index (χ3n) is 2.53. The number of carbonyl (C=O) groups is 2. The lowest BCUT2D eigenvalue weighted by Crippen LogP contribution is -2.37. The molecule has 0 saturated carbocycles. The van der Waals surface area contributed by atoms with Crippen molar-refractivity contribution in [2.24, 2.45) is 0 Å². The molecule has 0 radical (unpaired) electrons. The van der Waals surface area contributed by atoms with E-state index in [1.165, 1.54) is 6.08 Å². The highest BCUT2D eigenvalue weighted by atomic mass is 16.6. The lowest BCUT2D eigenvalue weighted by atomic mass is 10.0. The van der Waals surface area contributed by atoms with Gasteiger partial charge < -0.3 is 9.84 Å². The Morgan fingerprint density at radius 1 is 1.50 bits per heavy atom. The van der Waals surface area contributed by atoms with Crippen LogP contribution in [0.4, 0.5) is 0 Å². The molecule has 16 heavy (non-hydrogen) atoms. The molecule has 0 amide bonds. The summed E-state index contributed by atoms with van der Waals surface area (Å²) >= 11 is 0. The van der Waals surface area contributed by atoms with Crippen LogP contribution in [-0.4, -0.2) is 29.1 Å². The van der Waals surface area contributed by atoms with Gasteiger partial charge in [-0.3, -0.25) is 9.59 Å². The molecule has 4 heteroatoms. The number of aliphatic hydroxyl groups excluding tert-OH is 1. The van der Waals surface area contributed by atoms with Gasteiger partial charge in [-0.2, -0.15) is 0 Å². The van der Waals surface area contributed by atoms with E-state index < -0.39 is 12.2 Å². The average molecular weight is 226 g/mol. The third-order valence-corrected chi connectivity index (χ3v) is 2.53. The van der Waals surface area contributed by atoms with Crippen LogP contribution >= 0.6 is 0 Å². The minimum Gasteiger partial charge on any atom is -0.459 e. The molecule has 2 atom stereocenters. The molecular formula is C12H18O4. The van der Waals surface area contributed by atoms with Gasteiger partial charge >= 0.3 is 5.97 Å². The largest absolute Gasteiger partial charge is 0.459 e. The number of carbonyl (C=O) groups excluding carboxylic acids is 2. The van der Waals surface area contributed by atoms with E-state index in [4.69, 9.17) is 4.74 Å². The number of esters is 1. The summed E-state index contributed by atoms with van der Waals surface area (Å²) in [6.45, 7) is 1.92. The van der Waals surface area contributed by atoms with E-state index in [2.05, 4.69) is 0 Å².